The van der Waals surface area contributed by atoms with Crippen LogP contribution in [0.4, 0.5) is 0 Å². The lowest BCUT2D eigenvalue weighted by molar-refractivity contribution is 0.462. The Morgan fingerprint density at radius 3 is 2.00 bits per heavy atom. The van der Waals surface area contributed by atoms with E-state index in [1.54, 1.807) is 12.1 Å². The van der Waals surface area contributed by atoms with Crippen molar-refractivity contribution in [1.82, 2.24) is 0 Å². The maximum Gasteiger partial charge on any atom is 0.122 e. The molecule has 2 nitrogen and oxygen atoms in total. The Morgan fingerprint density at radius 2 is 1.69 bits per heavy atom. The summed E-state index contributed by atoms with van der Waals surface area (Å²) < 4.78 is 0. The molecule has 0 fully saturated rings. The van der Waals surface area contributed by atoms with Crippen LogP contribution < -0.4 is 0 Å². The second-order valence-corrected chi connectivity index (χ2v) is 2.96. The van der Waals surface area contributed by atoms with Crippen LogP contribution in [0.2, 0.25) is 0 Å². The first kappa shape index (κ1) is 9.60. The largest absolute Gasteiger partial charge is 0.507 e. The molecule has 1 aromatic rings. The number of hydrogen-bond donors (Lipinski definition) is 1. The van der Waals surface area contributed by atoms with E-state index in [1.807, 2.05) is 13.8 Å². The average Bonchev–Trinajstić information content (AvgIpc) is 2.18. The van der Waals surface area contributed by atoms with Gasteiger partial charge in [-0.2, -0.15) is 5.26 Å². The molecular formula is C11H13NO. The van der Waals surface area contributed by atoms with Gasteiger partial charge in [0, 0.05) is 0 Å². The molecule has 0 radical (unpaired) electrons. The Morgan fingerprint density at radius 1 is 1.23 bits per heavy atom. The molecule has 0 atom stereocenters. The zero-order chi connectivity index (χ0) is 9.84. The lowest BCUT2D eigenvalue weighted by Crippen LogP contribution is -1.90. The van der Waals surface area contributed by atoms with Crippen molar-refractivity contribution in [1.29, 1.82) is 5.26 Å². The summed E-state index contributed by atoms with van der Waals surface area (Å²) >= 11 is 0. The highest BCUT2D eigenvalue weighted by Gasteiger charge is 2.06. The number of aryl methyl sites for hydroxylation is 2. The molecule has 0 bridgehead atoms. The van der Waals surface area contributed by atoms with Crippen molar-refractivity contribution in [2.24, 2.45) is 0 Å². The van der Waals surface area contributed by atoms with E-state index in [-0.39, 0.29) is 0 Å². The van der Waals surface area contributed by atoms with Gasteiger partial charge in [0.05, 0.1) is 11.6 Å². The van der Waals surface area contributed by atoms with Gasteiger partial charge < -0.3 is 5.11 Å². The second kappa shape index (κ2) is 3.95. The van der Waals surface area contributed by atoms with Gasteiger partial charge in [-0.1, -0.05) is 13.8 Å². The van der Waals surface area contributed by atoms with Crippen LogP contribution in [0.15, 0.2) is 12.1 Å². The van der Waals surface area contributed by atoms with Crippen LogP contribution in [-0.2, 0) is 12.8 Å². The van der Waals surface area contributed by atoms with E-state index in [4.69, 9.17) is 5.26 Å². The fraction of sp³-hybridized carbons (Fsp3) is 0.364. The van der Waals surface area contributed by atoms with Crippen molar-refractivity contribution in [2.45, 2.75) is 26.7 Å². The second-order valence-electron chi connectivity index (χ2n) is 2.96. The Kier molecular flexibility index (Phi) is 2.92. The summed E-state index contributed by atoms with van der Waals surface area (Å²) in [5.41, 5.74) is 2.35. The van der Waals surface area contributed by atoms with Crippen LogP contribution >= 0.6 is 0 Å². The maximum absolute atomic E-state index is 9.70. The minimum Gasteiger partial charge on any atom is -0.507 e. The van der Waals surface area contributed by atoms with Gasteiger partial charge in [-0.3, -0.25) is 0 Å². The molecule has 0 saturated carbocycles. The first-order valence-electron chi connectivity index (χ1n) is 4.47. The minimum atomic E-state index is 0.351. The van der Waals surface area contributed by atoms with Gasteiger partial charge in [0.25, 0.3) is 0 Å². The van der Waals surface area contributed by atoms with Gasteiger partial charge in [-0.05, 0) is 36.1 Å². The van der Waals surface area contributed by atoms with Gasteiger partial charge >= 0.3 is 0 Å². The van der Waals surface area contributed by atoms with Crippen LogP contribution in [-0.4, -0.2) is 5.11 Å². The normalized spacial score (nSPS) is 9.62. The van der Waals surface area contributed by atoms with Crippen molar-refractivity contribution >= 4 is 0 Å². The molecule has 1 rings (SSSR count). The van der Waals surface area contributed by atoms with Crippen LogP contribution in [0.1, 0.15) is 30.5 Å². The highest BCUT2D eigenvalue weighted by Crippen LogP contribution is 2.25. The molecule has 1 N–H and O–H groups in total. The lowest BCUT2D eigenvalue weighted by Gasteiger charge is -2.07. The van der Waals surface area contributed by atoms with Gasteiger partial charge in [-0.25, -0.2) is 0 Å². The summed E-state index contributed by atoms with van der Waals surface area (Å²) in [6, 6.07) is 5.58. The van der Waals surface area contributed by atoms with Crippen molar-refractivity contribution < 1.29 is 5.11 Å². The molecule has 0 unspecified atom stereocenters. The fourth-order valence-corrected chi connectivity index (χ4v) is 1.36. The highest BCUT2D eigenvalue weighted by atomic mass is 16.3. The molecule has 2 heteroatoms. The highest BCUT2D eigenvalue weighted by molar-refractivity contribution is 5.47. The fourth-order valence-electron chi connectivity index (χ4n) is 1.36. The smallest absolute Gasteiger partial charge is 0.122 e. The number of nitriles is 1. The standard InChI is InChI=1S/C11H13NO/c1-3-9-5-8(7-12)6-10(4-2)11(9)13/h5-6,13H,3-4H2,1-2H3. The molecule has 0 spiro atoms. The predicted octanol–water partition coefficient (Wildman–Crippen LogP) is 2.39. The maximum atomic E-state index is 9.70. The Balaban J connectivity index is 3.30. The molecule has 13 heavy (non-hydrogen) atoms. The van der Waals surface area contributed by atoms with Gasteiger partial charge in [0.15, 0.2) is 0 Å². The number of phenolic OH excluding ortho intramolecular Hbond substituents is 1. The Labute approximate surface area is 78.4 Å². The van der Waals surface area contributed by atoms with Crippen LogP contribution in [0, 0.1) is 11.3 Å². The molecule has 0 aliphatic rings. The van der Waals surface area contributed by atoms with Crippen LogP contribution in [0.5, 0.6) is 5.75 Å². The Bertz CT molecular complexity index is 325. The van der Waals surface area contributed by atoms with Gasteiger partial charge in [0.1, 0.15) is 5.75 Å². The zero-order valence-corrected chi connectivity index (χ0v) is 7.96. The summed E-state index contributed by atoms with van der Waals surface area (Å²) in [5, 5.41) is 18.4. The summed E-state index contributed by atoms with van der Waals surface area (Å²) in [5.74, 6) is 0.351. The molecule has 0 saturated heterocycles. The lowest BCUT2D eigenvalue weighted by atomic mass is 10.0. The third kappa shape index (κ3) is 1.81. The minimum absolute atomic E-state index is 0.351. The van der Waals surface area contributed by atoms with E-state index in [2.05, 4.69) is 6.07 Å². The number of rotatable bonds is 2. The SMILES string of the molecule is CCc1cc(C#N)cc(CC)c1O. The van der Waals surface area contributed by atoms with Gasteiger partial charge in [0.2, 0.25) is 0 Å². The molecular weight excluding hydrogens is 162 g/mol. The number of nitrogens with zero attached hydrogens (tertiary/aromatic N) is 1. The van der Waals surface area contributed by atoms with Crippen LogP contribution in [0.25, 0.3) is 0 Å². The average molecular weight is 175 g/mol. The van der Waals surface area contributed by atoms with E-state index in [0.29, 0.717) is 11.3 Å². The molecule has 0 amide bonds. The third-order valence-electron chi connectivity index (χ3n) is 2.16. The molecule has 68 valence electrons. The number of benzene rings is 1. The third-order valence-corrected chi connectivity index (χ3v) is 2.16. The number of aromatic hydroxyl groups is 1. The van der Waals surface area contributed by atoms with E-state index in [9.17, 15) is 5.11 Å². The van der Waals surface area contributed by atoms with Crippen molar-refractivity contribution in [3.8, 4) is 11.8 Å². The summed E-state index contributed by atoms with van der Waals surface area (Å²) in [7, 11) is 0. The summed E-state index contributed by atoms with van der Waals surface area (Å²) in [6.07, 6.45) is 1.52. The predicted molar refractivity (Wildman–Crippen MR) is 51.6 cm³/mol. The van der Waals surface area contributed by atoms with Gasteiger partial charge in [-0.15, -0.1) is 0 Å². The van der Waals surface area contributed by atoms with E-state index in [1.165, 1.54) is 0 Å². The molecule has 0 aromatic heterocycles. The zero-order valence-electron chi connectivity index (χ0n) is 7.96. The number of phenols is 1. The van der Waals surface area contributed by atoms with Crippen molar-refractivity contribution in [2.75, 3.05) is 0 Å². The van der Waals surface area contributed by atoms with E-state index in [0.717, 1.165) is 24.0 Å². The summed E-state index contributed by atoms with van der Waals surface area (Å²) in [4.78, 5) is 0. The molecule has 0 aliphatic carbocycles. The molecule has 0 aliphatic heterocycles. The van der Waals surface area contributed by atoms with Crippen molar-refractivity contribution in [3.63, 3.8) is 0 Å². The monoisotopic (exact) mass is 175 g/mol. The quantitative estimate of drug-likeness (QED) is 0.750. The van der Waals surface area contributed by atoms with E-state index < -0.39 is 0 Å². The molecule has 0 heterocycles. The summed E-state index contributed by atoms with van der Waals surface area (Å²) in [6.45, 7) is 3.94. The first-order valence-corrected chi connectivity index (χ1v) is 4.47. The van der Waals surface area contributed by atoms with Crippen molar-refractivity contribution in [3.05, 3.63) is 28.8 Å². The van der Waals surface area contributed by atoms with E-state index >= 15 is 0 Å². The van der Waals surface area contributed by atoms with Crippen LogP contribution in [0.3, 0.4) is 0 Å². The number of hydrogen-bond acceptors (Lipinski definition) is 2. The Hall–Kier alpha value is -1.49. The first-order chi connectivity index (χ1) is 6.22. The molecule has 1 aromatic carbocycles. The topological polar surface area (TPSA) is 44.0 Å².